The van der Waals surface area contributed by atoms with Crippen LogP contribution in [-0.4, -0.2) is 28.0 Å². The minimum atomic E-state index is -1.06. The van der Waals surface area contributed by atoms with E-state index in [0.717, 1.165) is 16.8 Å². The zero-order valence-corrected chi connectivity index (χ0v) is 11.9. The SMILES string of the molecule is CC(NCCCO)c1nn(C)c(=O)c2cc(F)c(F)cc12. The molecule has 1 atom stereocenters. The van der Waals surface area contributed by atoms with Crippen molar-refractivity contribution in [2.45, 2.75) is 19.4 Å². The number of hydrogen-bond donors (Lipinski definition) is 2. The van der Waals surface area contributed by atoms with Gasteiger partial charge in [0.15, 0.2) is 11.6 Å². The van der Waals surface area contributed by atoms with Gasteiger partial charge in [0.25, 0.3) is 5.56 Å². The first-order valence-electron chi connectivity index (χ1n) is 6.66. The van der Waals surface area contributed by atoms with Crippen LogP contribution in [0.25, 0.3) is 10.8 Å². The Morgan fingerprint density at radius 2 is 1.95 bits per heavy atom. The van der Waals surface area contributed by atoms with E-state index in [4.69, 9.17) is 5.11 Å². The number of rotatable bonds is 5. The highest BCUT2D eigenvalue weighted by molar-refractivity contribution is 5.84. The van der Waals surface area contributed by atoms with Crippen molar-refractivity contribution in [2.24, 2.45) is 7.05 Å². The number of aryl methyl sites for hydroxylation is 1. The predicted molar refractivity (Wildman–Crippen MR) is 75.0 cm³/mol. The molecule has 0 saturated carbocycles. The predicted octanol–water partition coefficient (Wildman–Crippen LogP) is 1.24. The van der Waals surface area contributed by atoms with Gasteiger partial charge < -0.3 is 10.4 Å². The van der Waals surface area contributed by atoms with Gasteiger partial charge in [-0.05, 0) is 32.0 Å². The molecule has 0 amide bonds. The molecule has 0 spiro atoms. The van der Waals surface area contributed by atoms with Gasteiger partial charge in [-0.1, -0.05) is 0 Å². The Bertz CT molecular complexity index is 715. The maximum atomic E-state index is 13.5. The van der Waals surface area contributed by atoms with Crippen LogP contribution in [-0.2, 0) is 7.05 Å². The number of nitrogens with one attached hydrogen (secondary N) is 1. The highest BCUT2D eigenvalue weighted by atomic mass is 19.2. The summed E-state index contributed by atoms with van der Waals surface area (Å²) in [5.41, 5.74) is -0.0147. The molecule has 0 bridgehead atoms. The van der Waals surface area contributed by atoms with E-state index >= 15 is 0 Å². The Morgan fingerprint density at radius 3 is 2.57 bits per heavy atom. The molecule has 0 aliphatic heterocycles. The largest absolute Gasteiger partial charge is 0.396 e. The van der Waals surface area contributed by atoms with Crippen molar-refractivity contribution in [2.75, 3.05) is 13.2 Å². The van der Waals surface area contributed by atoms with Crippen LogP contribution in [0.15, 0.2) is 16.9 Å². The fraction of sp³-hybridized carbons (Fsp3) is 0.429. The standard InChI is InChI=1S/C14H17F2N3O2/c1-8(17-4-3-5-20)13-9-6-11(15)12(16)7-10(9)14(21)19(2)18-13/h6-8,17,20H,3-5H2,1-2H3. The number of aliphatic hydroxyl groups excluding tert-OH is 1. The Hall–Kier alpha value is -1.86. The molecule has 1 unspecified atom stereocenters. The normalized spacial score (nSPS) is 12.8. The number of aromatic nitrogens is 2. The first-order valence-corrected chi connectivity index (χ1v) is 6.66. The molecule has 21 heavy (non-hydrogen) atoms. The van der Waals surface area contributed by atoms with Gasteiger partial charge in [-0.25, -0.2) is 13.5 Å². The molecule has 0 fully saturated rings. The van der Waals surface area contributed by atoms with E-state index in [0.29, 0.717) is 24.0 Å². The number of hydrogen-bond acceptors (Lipinski definition) is 4. The van der Waals surface area contributed by atoms with Crippen LogP contribution in [0.4, 0.5) is 8.78 Å². The molecule has 0 aliphatic rings. The fourth-order valence-corrected chi connectivity index (χ4v) is 2.19. The molecule has 2 aromatic rings. The second kappa shape index (κ2) is 6.28. The van der Waals surface area contributed by atoms with Crippen LogP contribution in [0.2, 0.25) is 0 Å². The Morgan fingerprint density at radius 1 is 1.33 bits per heavy atom. The Kier molecular flexibility index (Phi) is 4.64. The van der Waals surface area contributed by atoms with E-state index in [-0.39, 0.29) is 18.0 Å². The molecule has 0 saturated heterocycles. The van der Waals surface area contributed by atoms with Crippen LogP contribution >= 0.6 is 0 Å². The third-order valence-electron chi connectivity index (χ3n) is 3.31. The van der Waals surface area contributed by atoms with Crippen molar-refractivity contribution in [3.05, 3.63) is 39.8 Å². The highest BCUT2D eigenvalue weighted by Crippen LogP contribution is 2.22. The second-order valence-electron chi connectivity index (χ2n) is 4.88. The van der Waals surface area contributed by atoms with Crippen molar-refractivity contribution < 1.29 is 13.9 Å². The van der Waals surface area contributed by atoms with Gasteiger partial charge in [0.05, 0.1) is 11.1 Å². The minimum absolute atomic E-state index is 0.0566. The number of aliphatic hydroxyl groups is 1. The third-order valence-corrected chi connectivity index (χ3v) is 3.31. The van der Waals surface area contributed by atoms with Crippen molar-refractivity contribution in [1.29, 1.82) is 0 Å². The summed E-state index contributed by atoms with van der Waals surface area (Å²) in [6.07, 6.45) is 0.566. The first kappa shape index (κ1) is 15.5. The lowest BCUT2D eigenvalue weighted by Crippen LogP contribution is -2.27. The summed E-state index contributed by atoms with van der Waals surface area (Å²) in [4.78, 5) is 12.0. The minimum Gasteiger partial charge on any atom is -0.396 e. The van der Waals surface area contributed by atoms with Crippen LogP contribution < -0.4 is 10.9 Å². The van der Waals surface area contributed by atoms with Gasteiger partial charge in [-0.3, -0.25) is 4.79 Å². The molecule has 2 rings (SSSR count). The summed E-state index contributed by atoms with van der Waals surface area (Å²) in [6.45, 7) is 2.42. The van der Waals surface area contributed by atoms with E-state index in [1.165, 1.54) is 7.05 Å². The average Bonchev–Trinajstić information content (AvgIpc) is 2.45. The summed E-state index contributed by atoms with van der Waals surface area (Å²) in [5.74, 6) is -2.07. The summed E-state index contributed by atoms with van der Waals surface area (Å²) in [6, 6.07) is 1.63. The first-order chi connectivity index (χ1) is 9.95. The van der Waals surface area contributed by atoms with E-state index in [1.54, 1.807) is 0 Å². The molecule has 1 aromatic heterocycles. The fourth-order valence-electron chi connectivity index (χ4n) is 2.19. The summed E-state index contributed by atoms with van der Waals surface area (Å²) in [5, 5.41) is 16.4. The quantitative estimate of drug-likeness (QED) is 0.815. The molecule has 0 aliphatic carbocycles. The lowest BCUT2D eigenvalue weighted by atomic mass is 10.1. The number of halogens is 2. The molecule has 7 heteroatoms. The van der Waals surface area contributed by atoms with Crippen LogP contribution in [0.5, 0.6) is 0 Å². The van der Waals surface area contributed by atoms with E-state index in [2.05, 4.69) is 10.4 Å². The molecule has 114 valence electrons. The maximum absolute atomic E-state index is 13.5. The topological polar surface area (TPSA) is 67.2 Å². The van der Waals surface area contributed by atoms with Gasteiger partial charge in [-0.2, -0.15) is 5.10 Å². The summed E-state index contributed by atoms with van der Waals surface area (Å²) in [7, 11) is 1.47. The molecular weight excluding hydrogens is 280 g/mol. The smallest absolute Gasteiger partial charge is 0.274 e. The molecule has 5 nitrogen and oxygen atoms in total. The number of fused-ring (bicyclic) bond motifs is 1. The van der Waals surface area contributed by atoms with Crippen molar-refractivity contribution >= 4 is 10.8 Å². The van der Waals surface area contributed by atoms with Gasteiger partial charge in [0.1, 0.15) is 0 Å². The van der Waals surface area contributed by atoms with Crippen molar-refractivity contribution in [3.8, 4) is 0 Å². The lowest BCUT2D eigenvalue weighted by Gasteiger charge is -2.16. The van der Waals surface area contributed by atoms with Gasteiger partial charge in [0, 0.05) is 25.1 Å². The van der Waals surface area contributed by atoms with E-state index in [9.17, 15) is 13.6 Å². The zero-order valence-electron chi connectivity index (χ0n) is 11.9. The van der Waals surface area contributed by atoms with E-state index in [1.807, 2.05) is 6.92 Å². The zero-order chi connectivity index (χ0) is 15.6. The average molecular weight is 297 g/mol. The number of nitrogens with zero attached hydrogens (tertiary/aromatic N) is 2. The Balaban J connectivity index is 2.55. The van der Waals surface area contributed by atoms with Crippen molar-refractivity contribution in [1.82, 2.24) is 15.1 Å². The summed E-state index contributed by atoms with van der Waals surface area (Å²) >= 11 is 0. The van der Waals surface area contributed by atoms with Gasteiger partial charge in [-0.15, -0.1) is 0 Å². The highest BCUT2D eigenvalue weighted by Gasteiger charge is 2.17. The van der Waals surface area contributed by atoms with Crippen LogP contribution in [0, 0.1) is 11.6 Å². The van der Waals surface area contributed by atoms with Crippen LogP contribution in [0.3, 0.4) is 0 Å². The second-order valence-corrected chi connectivity index (χ2v) is 4.88. The van der Waals surface area contributed by atoms with Gasteiger partial charge >= 0.3 is 0 Å². The Labute approximate surface area is 120 Å². The lowest BCUT2D eigenvalue weighted by molar-refractivity contribution is 0.283. The van der Waals surface area contributed by atoms with E-state index < -0.39 is 17.2 Å². The monoisotopic (exact) mass is 297 g/mol. The number of benzene rings is 1. The molecule has 1 heterocycles. The molecular formula is C14H17F2N3O2. The van der Waals surface area contributed by atoms with Gasteiger partial charge in [0.2, 0.25) is 0 Å². The molecule has 1 aromatic carbocycles. The molecule has 2 N–H and O–H groups in total. The summed E-state index contributed by atoms with van der Waals surface area (Å²) < 4.78 is 27.9. The maximum Gasteiger partial charge on any atom is 0.274 e. The molecule has 0 radical (unpaired) electrons. The third kappa shape index (κ3) is 3.08. The van der Waals surface area contributed by atoms with Crippen LogP contribution in [0.1, 0.15) is 25.1 Å². The van der Waals surface area contributed by atoms with Crippen molar-refractivity contribution in [3.63, 3.8) is 0 Å².